The molecule has 0 aromatic heterocycles. The van der Waals surface area contributed by atoms with Crippen molar-refractivity contribution in [1.29, 1.82) is 0 Å². The molecule has 2 rings (SSSR count). The summed E-state index contributed by atoms with van der Waals surface area (Å²) in [5, 5.41) is 4.11. The lowest BCUT2D eigenvalue weighted by Gasteiger charge is -2.31. The van der Waals surface area contributed by atoms with Crippen LogP contribution in [0.15, 0.2) is 23.1 Å². The monoisotopic (exact) mass is 315 g/mol. The van der Waals surface area contributed by atoms with E-state index in [0.29, 0.717) is 15.8 Å². The Kier molecular flexibility index (Phi) is 5.48. The Hall–Kier alpha value is -0.320. The van der Waals surface area contributed by atoms with Gasteiger partial charge < -0.3 is 5.32 Å². The summed E-state index contributed by atoms with van der Waals surface area (Å²) in [6, 6.07) is 5.47. The zero-order valence-corrected chi connectivity index (χ0v) is 13.3. The topological polar surface area (TPSA) is 29.1 Å². The first kappa shape index (κ1) is 15.1. The summed E-state index contributed by atoms with van der Waals surface area (Å²) in [6.45, 7) is 0. The molecular formula is C14H18ClNOS2. The number of thioether (sulfide) groups is 1. The molecule has 1 aromatic rings. The molecule has 2 atom stereocenters. The number of amides is 1. The molecule has 0 bridgehead atoms. The quantitative estimate of drug-likeness (QED) is 0.825. The number of carbonyl (C=O) groups is 1. The van der Waals surface area contributed by atoms with Gasteiger partial charge in [0, 0.05) is 16.2 Å². The van der Waals surface area contributed by atoms with Crippen LogP contribution in [0.3, 0.4) is 0 Å². The average molecular weight is 316 g/mol. The molecule has 0 saturated heterocycles. The van der Waals surface area contributed by atoms with Crippen molar-refractivity contribution in [3.05, 3.63) is 28.8 Å². The molecule has 1 fully saturated rings. The average Bonchev–Trinajstić information content (AvgIpc) is 2.42. The highest BCUT2D eigenvalue weighted by Gasteiger charge is 2.26. The predicted molar refractivity (Wildman–Crippen MR) is 85.7 cm³/mol. The van der Waals surface area contributed by atoms with Crippen LogP contribution in [-0.4, -0.2) is 23.5 Å². The summed E-state index contributed by atoms with van der Waals surface area (Å²) < 4.78 is 0. The maximum Gasteiger partial charge on any atom is 0.253 e. The van der Waals surface area contributed by atoms with Crippen molar-refractivity contribution >= 4 is 41.9 Å². The predicted octanol–water partition coefficient (Wildman–Crippen LogP) is 4.03. The third-order valence-corrected chi connectivity index (χ3v) is 5.29. The zero-order valence-electron chi connectivity index (χ0n) is 10.9. The van der Waals surface area contributed by atoms with Gasteiger partial charge in [-0.05, 0) is 37.3 Å². The van der Waals surface area contributed by atoms with E-state index < -0.39 is 0 Å². The first-order valence-corrected chi connectivity index (χ1v) is 8.55. The number of nitrogens with one attached hydrogen (secondary N) is 1. The second kappa shape index (κ2) is 6.91. The molecule has 1 N–H and O–H groups in total. The van der Waals surface area contributed by atoms with Crippen LogP contribution in [0.5, 0.6) is 0 Å². The Balaban J connectivity index is 2.09. The Bertz CT molecular complexity index is 467. The van der Waals surface area contributed by atoms with E-state index in [2.05, 4.69) is 24.2 Å². The van der Waals surface area contributed by atoms with Crippen LogP contribution in [0.1, 0.15) is 36.0 Å². The third kappa shape index (κ3) is 3.83. The number of thiol groups is 1. The fraction of sp³-hybridized carbons (Fsp3) is 0.500. The summed E-state index contributed by atoms with van der Waals surface area (Å²) in [4.78, 5) is 13.1. The fourth-order valence-corrected chi connectivity index (χ4v) is 3.82. The minimum absolute atomic E-state index is 0.0909. The first-order chi connectivity index (χ1) is 9.11. The van der Waals surface area contributed by atoms with Gasteiger partial charge in [-0.3, -0.25) is 4.79 Å². The van der Waals surface area contributed by atoms with Crippen LogP contribution < -0.4 is 5.32 Å². The van der Waals surface area contributed by atoms with Crippen LogP contribution in [0.25, 0.3) is 0 Å². The van der Waals surface area contributed by atoms with Gasteiger partial charge in [-0.1, -0.05) is 24.4 Å². The molecule has 0 aliphatic heterocycles. The summed E-state index contributed by atoms with van der Waals surface area (Å²) in [5.41, 5.74) is 0.514. The Morgan fingerprint density at radius 3 is 2.89 bits per heavy atom. The van der Waals surface area contributed by atoms with E-state index in [1.165, 1.54) is 19.3 Å². The number of carbonyl (C=O) groups excluding carboxylic acids is 1. The van der Waals surface area contributed by atoms with Crippen molar-refractivity contribution < 1.29 is 4.79 Å². The van der Waals surface area contributed by atoms with E-state index in [-0.39, 0.29) is 11.9 Å². The van der Waals surface area contributed by atoms with Crippen molar-refractivity contribution in [3.63, 3.8) is 0 Å². The SMILES string of the molecule is CSC1CCCCC1NC(=O)c1cc(S)ccc1Cl. The molecule has 19 heavy (non-hydrogen) atoms. The van der Waals surface area contributed by atoms with Gasteiger partial charge in [0.1, 0.15) is 0 Å². The molecular weight excluding hydrogens is 298 g/mol. The van der Waals surface area contributed by atoms with Crippen molar-refractivity contribution in [2.75, 3.05) is 6.26 Å². The number of hydrogen-bond donors (Lipinski definition) is 2. The maximum atomic E-state index is 12.3. The molecule has 0 spiro atoms. The van der Waals surface area contributed by atoms with Gasteiger partial charge in [0.15, 0.2) is 0 Å². The van der Waals surface area contributed by atoms with Crippen molar-refractivity contribution in [1.82, 2.24) is 5.32 Å². The normalized spacial score (nSPS) is 23.1. The summed E-state index contributed by atoms with van der Waals surface area (Å²) in [5.74, 6) is -0.0909. The molecule has 2 unspecified atom stereocenters. The molecule has 104 valence electrons. The standard InChI is InChI=1S/C14H18ClNOS2/c1-19-13-5-3-2-4-12(13)16-14(17)10-8-9(18)6-7-11(10)15/h6-8,12-13,18H,2-5H2,1H3,(H,16,17). The Morgan fingerprint density at radius 1 is 1.42 bits per heavy atom. The maximum absolute atomic E-state index is 12.3. The lowest BCUT2D eigenvalue weighted by atomic mass is 9.94. The van der Waals surface area contributed by atoms with Gasteiger partial charge in [0.2, 0.25) is 0 Å². The number of rotatable bonds is 3. The van der Waals surface area contributed by atoms with Gasteiger partial charge in [-0.25, -0.2) is 0 Å². The fourth-order valence-electron chi connectivity index (χ4n) is 2.48. The zero-order chi connectivity index (χ0) is 13.8. The van der Waals surface area contributed by atoms with Gasteiger partial charge in [0.05, 0.1) is 10.6 Å². The van der Waals surface area contributed by atoms with Crippen LogP contribution >= 0.6 is 36.0 Å². The van der Waals surface area contributed by atoms with E-state index in [9.17, 15) is 4.79 Å². The molecule has 1 saturated carbocycles. The Labute approximate surface area is 129 Å². The smallest absolute Gasteiger partial charge is 0.253 e. The molecule has 1 amide bonds. The first-order valence-electron chi connectivity index (χ1n) is 6.44. The highest BCUT2D eigenvalue weighted by atomic mass is 35.5. The second-order valence-corrected chi connectivity index (χ2v) is 6.80. The summed E-state index contributed by atoms with van der Waals surface area (Å²) in [7, 11) is 0. The lowest BCUT2D eigenvalue weighted by Crippen LogP contribution is -2.43. The lowest BCUT2D eigenvalue weighted by molar-refractivity contribution is 0.0929. The number of halogens is 1. The van der Waals surface area contributed by atoms with Crippen LogP contribution in [0.4, 0.5) is 0 Å². The highest BCUT2D eigenvalue weighted by Crippen LogP contribution is 2.28. The van der Waals surface area contributed by atoms with Gasteiger partial charge >= 0.3 is 0 Å². The van der Waals surface area contributed by atoms with E-state index >= 15 is 0 Å². The summed E-state index contributed by atoms with van der Waals surface area (Å²) >= 11 is 12.2. The van der Waals surface area contributed by atoms with Gasteiger partial charge in [0.25, 0.3) is 5.91 Å². The number of hydrogen-bond acceptors (Lipinski definition) is 3. The Morgan fingerprint density at radius 2 is 2.16 bits per heavy atom. The summed E-state index contributed by atoms with van der Waals surface area (Å²) in [6.07, 6.45) is 6.77. The number of benzene rings is 1. The van der Waals surface area contributed by atoms with E-state index in [0.717, 1.165) is 11.3 Å². The molecule has 0 heterocycles. The minimum atomic E-state index is -0.0909. The minimum Gasteiger partial charge on any atom is -0.348 e. The van der Waals surface area contributed by atoms with Crippen molar-refractivity contribution in [2.45, 2.75) is 41.9 Å². The second-order valence-electron chi connectivity index (χ2n) is 4.80. The largest absolute Gasteiger partial charge is 0.348 e. The van der Waals surface area contributed by atoms with Crippen molar-refractivity contribution in [3.8, 4) is 0 Å². The highest BCUT2D eigenvalue weighted by molar-refractivity contribution is 7.99. The van der Waals surface area contributed by atoms with Crippen molar-refractivity contribution in [2.24, 2.45) is 0 Å². The van der Waals surface area contributed by atoms with E-state index in [4.69, 9.17) is 11.6 Å². The van der Waals surface area contributed by atoms with E-state index in [1.807, 2.05) is 11.8 Å². The van der Waals surface area contributed by atoms with Crippen LogP contribution in [-0.2, 0) is 0 Å². The molecule has 1 aliphatic rings. The molecule has 0 radical (unpaired) electrons. The molecule has 2 nitrogen and oxygen atoms in total. The molecule has 1 aromatic carbocycles. The van der Waals surface area contributed by atoms with Gasteiger partial charge in [-0.2, -0.15) is 11.8 Å². The third-order valence-electron chi connectivity index (χ3n) is 3.52. The molecule has 1 aliphatic carbocycles. The van der Waals surface area contributed by atoms with E-state index in [1.54, 1.807) is 18.2 Å². The molecule has 5 heteroatoms. The van der Waals surface area contributed by atoms with Crippen LogP contribution in [0, 0.1) is 0 Å². The van der Waals surface area contributed by atoms with Crippen LogP contribution in [0.2, 0.25) is 5.02 Å². The van der Waals surface area contributed by atoms with Gasteiger partial charge in [-0.15, -0.1) is 12.6 Å².